The first-order chi connectivity index (χ1) is 18.6. The van der Waals surface area contributed by atoms with Gasteiger partial charge in [0.05, 0.1) is 54.5 Å². The van der Waals surface area contributed by atoms with E-state index in [1.165, 1.54) is 11.3 Å². The Kier molecular flexibility index (Phi) is 6.36. The number of nitrogens with two attached hydrogens (primary N) is 1. The van der Waals surface area contributed by atoms with Crippen molar-refractivity contribution < 1.29 is 23.9 Å². The molecule has 0 saturated carbocycles. The summed E-state index contributed by atoms with van der Waals surface area (Å²) in [5.41, 5.74) is 10.5. The summed E-state index contributed by atoms with van der Waals surface area (Å²) in [7, 11) is 1.63. The van der Waals surface area contributed by atoms with E-state index in [4.69, 9.17) is 24.7 Å². The third kappa shape index (κ3) is 4.53. The molecular weight excluding hydrogens is 504 g/mol. The Balaban J connectivity index is 1.43. The highest BCUT2D eigenvalue weighted by atomic mass is 32.1. The summed E-state index contributed by atoms with van der Waals surface area (Å²) in [5.74, 6) is 0.338. The molecule has 0 amide bonds. The van der Waals surface area contributed by atoms with E-state index in [2.05, 4.69) is 10.3 Å². The predicted molar refractivity (Wildman–Crippen MR) is 143 cm³/mol. The molecule has 1 aliphatic rings. The van der Waals surface area contributed by atoms with Gasteiger partial charge in [-0.1, -0.05) is 30.3 Å². The predicted octanol–water partition coefficient (Wildman–Crippen LogP) is 2.90. The number of nitrogen functional groups attached to an aromatic ring is 1. The molecule has 0 aliphatic carbocycles. The average molecular weight is 529 g/mol. The number of benzene rings is 2. The van der Waals surface area contributed by atoms with Crippen LogP contribution in [0.2, 0.25) is 0 Å². The topological polar surface area (TPSA) is 126 Å². The fraction of sp³-hybridized carbons (Fsp3) is 0.185. The standard InChI is InChI=1S/C27H24N6O4S/c1-35-19-9-7-18(8-10-19)21-15-20(17-5-3-2-4-6-17)23-24(28)25(38-27(23)29-21)26(34)30-22-16-33(31-37-22)32-11-13-36-14-12-32/h2-10,15-16H,11-14H2,1H3,(H2-,28,30,31,34). The Hall–Kier alpha value is -4.48. The SMILES string of the molecule is COc1ccc(-c2cc(-c3ccccc3)c3c(N)c(/C([O-])=N/c4c[n+](N5CCOCC5)no4)sc3n2)cc1. The number of pyridine rings is 1. The van der Waals surface area contributed by atoms with Crippen LogP contribution >= 0.6 is 11.3 Å². The number of fused-ring (bicyclic) bond motifs is 1. The van der Waals surface area contributed by atoms with Gasteiger partial charge in [0.25, 0.3) is 6.20 Å². The maximum atomic E-state index is 13.3. The van der Waals surface area contributed by atoms with Crippen LogP contribution < -0.4 is 25.4 Å². The zero-order valence-corrected chi connectivity index (χ0v) is 21.4. The normalized spacial score (nSPS) is 14.2. The molecule has 1 saturated heterocycles. The minimum Gasteiger partial charge on any atom is -0.857 e. The Morgan fingerprint density at radius 1 is 1.11 bits per heavy atom. The fourth-order valence-corrected chi connectivity index (χ4v) is 5.36. The number of ether oxygens (including phenoxy) is 2. The number of aliphatic imine (C=N–C) groups is 1. The number of aromatic nitrogens is 3. The van der Waals surface area contributed by atoms with Crippen molar-refractivity contribution in [1.82, 2.24) is 10.3 Å². The van der Waals surface area contributed by atoms with Crippen LogP contribution in [0.15, 0.2) is 76.4 Å². The third-order valence-electron chi connectivity index (χ3n) is 6.30. The van der Waals surface area contributed by atoms with Crippen LogP contribution in [-0.4, -0.2) is 49.6 Å². The molecule has 0 atom stereocenters. The minimum absolute atomic E-state index is 0.0912. The molecule has 192 valence electrons. The van der Waals surface area contributed by atoms with Gasteiger partial charge >= 0.3 is 5.88 Å². The summed E-state index contributed by atoms with van der Waals surface area (Å²) in [4.78, 5) is 11.5. The van der Waals surface area contributed by atoms with Gasteiger partial charge in [-0.25, -0.2) is 9.98 Å². The second-order valence-corrected chi connectivity index (χ2v) is 9.62. The Morgan fingerprint density at radius 2 is 1.87 bits per heavy atom. The van der Waals surface area contributed by atoms with E-state index in [0.29, 0.717) is 41.7 Å². The molecule has 0 unspecified atom stereocenters. The van der Waals surface area contributed by atoms with Crippen molar-refractivity contribution in [2.75, 3.05) is 44.2 Å². The number of thiophene rings is 1. The third-order valence-corrected chi connectivity index (χ3v) is 7.38. The van der Waals surface area contributed by atoms with Crippen LogP contribution in [0.1, 0.15) is 4.88 Å². The van der Waals surface area contributed by atoms with Crippen LogP contribution in [0.3, 0.4) is 0 Å². The van der Waals surface area contributed by atoms with E-state index in [-0.39, 0.29) is 5.88 Å². The molecule has 0 spiro atoms. The van der Waals surface area contributed by atoms with Crippen LogP contribution in [-0.2, 0) is 4.74 Å². The van der Waals surface area contributed by atoms with Gasteiger partial charge in [0.15, 0.2) is 0 Å². The molecular formula is C27H24N6O4S. The van der Waals surface area contributed by atoms with Gasteiger partial charge in [-0.2, -0.15) is 0 Å². The van der Waals surface area contributed by atoms with E-state index >= 15 is 0 Å². The van der Waals surface area contributed by atoms with Gasteiger partial charge in [0.2, 0.25) is 5.27 Å². The van der Waals surface area contributed by atoms with Gasteiger partial charge in [-0.05, 0) is 41.5 Å². The molecule has 38 heavy (non-hydrogen) atoms. The number of hydrogen-bond donors (Lipinski definition) is 1. The minimum atomic E-state index is -0.513. The molecule has 4 heterocycles. The van der Waals surface area contributed by atoms with Gasteiger partial charge in [0.1, 0.15) is 10.6 Å². The highest BCUT2D eigenvalue weighted by Gasteiger charge is 2.23. The number of methoxy groups -OCH3 is 1. The van der Waals surface area contributed by atoms with Gasteiger partial charge in [0, 0.05) is 16.8 Å². The van der Waals surface area contributed by atoms with E-state index in [9.17, 15) is 5.11 Å². The van der Waals surface area contributed by atoms with Crippen molar-refractivity contribution in [2.24, 2.45) is 4.99 Å². The lowest BCUT2D eigenvalue weighted by molar-refractivity contribution is -0.759. The summed E-state index contributed by atoms with van der Waals surface area (Å²) in [6.45, 7) is 2.52. The summed E-state index contributed by atoms with van der Waals surface area (Å²) in [6, 6.07) is 19.6. The lowest BCUT2D eigenvalue weighted by Gasteiger charge is -2.18. The quantitative estimate of drug-likeness (QED) is 0.203. The van der Waals surface area contributed by atoms with Crippen molar-refractivity contribution in [3.63, 3.8) is 0 Å². The summed E-state index contributed by atoms with van der Waals surface area (Å²) in [6.07, 6.45) is 1.57. The molecule has 6 rings (SSSR count). The van der Waals surface area contributed by atoms with Crippen molar-refractivity contribution in [1.29, 1.82) is 0 Å². The van der Waals surface area contributed by atoms with Crippen LogP contribution in [0.5, 0.6) is 5.75 Å². The number of anilines is 1. The molecule has 2 N–H and O–H groups in total. The van der Waals surface area contributed by atoms with E-state index in [1.54, 1.807) is 18.1 Å². The second-order valence-electron chi connectivity index (χ2n) is 8.62. The lowest BCUT2D eigenvalue weighted by Crippen LogP contribution is -2.62. The number of morpholine rings is 1. The first kappa shape index (κ1) is 23.9. The van der Waals surface area contributed by atoms with Crippen LogP contribution in [0.25, 0.3) is 32.6 Å². The van der Waals surface area contributed by atoms with Crippen LogP contribution in [0, 0.1) is 0 Å². The zero-order valence-electron chi connectivity index (χ0n) is 20.5. The van der Waals surface area contributed by atoms with E-state index < -0.39 is 5.90 Å². The Morgan fingerprint density at radius 3 is 2.61 bits per heavy atom. The molecule has 0 bridgehead atoms. The molecule has 1 fully saturated rings. The number of hydrogen-bond acceptors (Lipinski definition) is 10. The highest BCUT2D eigenvalue weighted by Crippen LogP contribution is 2.41. The number of nitrogens with zero attached hydrogens (tertiary/aromatic N) is 5. The first-order valence-electron chi connectivity index (χ1n) is 12.0. The zero-order chi connectivity index (χ0) is 26.1. The lowest BCUT2D eigenvalue weighted by atomic mass is 9.99. The summed E-state index contributed by atoms with van der Waals surface area (Å²) in [5, 5.41) is 19.9. The van der Waals surface area contributed by atoms with Gasteiger partial charge in [-0.15, -0.1) is 16.3 Å². The maximum absolute atomic E-state index is 13.3. The van der Waals surface area contributed by atoms with Gasteiger partial charge in [-0.3, -0.25) is 4.52 Å². The van der Waals surface area contributed by atoms with E-state index in [0.717, 1.165) is 33.5 Å². The Bertz CT molecular complexity index is 1610. The molecule has 5 aromatic rings. The van der Waals surface area contributed by atoms with Crippen molar-refractivity contribution in [2.45, 2.75) is 0 Å². The molecule has 2 aromatic carbocycles. The molecule has 1 aliphatic heterocycles. The highest BCUT2D eigenvalue weighted by molar-refractivity contribution is 7.21. The first-order valence-corrected chi connectivity index (χ1v) is 12.8. The largest absolute Gasteiger partial charge is 0.857 e. The van der Waals surface area contributed by atoms with Gasteiger partial charge < -0.3 is 20.3 Å². The Labute approximate surface area is 222 Å². The monoisotopic (exact) mass is 528 g/mol. The summed E-state index contributed by atoms with van der Waals surface area (Å²) >= 11 is 1.21. The molecule has 0 radical (unpaired) electrons. The van der Waals surface area contributed by atoms with E-state index in [1.807, 2.05) is 65.7 Å². The van der Waals surface area contributed by atoms with Crippen molar-refractivity contribution in [3.8, 4) is 28.1 Å². The number of rotatable bonds is 6. The van der Waals surface area contributed by atoms with Crippen LogP contribution in [0.4, 0.5) is 11.6 Å². The second kappa shape index (κ2) is 10.1. The molecule has 3 aromatic heterocycles. The maximum Gasteiger partial charge on any atom is 0.324 e. The smallest absolute Gasteiger partial charge is 0.324 e. The fourth-order valence-electron chi connectivity index (χ4n) is 4.36. The van der Waals surface area contributed by atoms with Crippen molar-refractivity contribution >= 4 is 39.0 Å². The van der Waals surface area contributed by atoms with Crippen molar-refractivity contribution in [3.05, 3.63) is 71.7 Å². The molecule has 10 nitrogen and oxygen atoms in total. The molecule has 11 heteroatoms. The summed E-state index contributed by atoms with van der Waals surface area (Å²) < 4.78 is 16.0. The average Bonchev–Trinajstić information content (AvgIpc) is 3.58.